The van der Waals surface area contributed by atoms with Gasteiger partial charge >= 0.3 is 5.97 Å². The molecule has 3 rings (SSSR count). The fourth-order valence-corrected chi connectivity index (χ4v) is 3.87. The molecule has 0 unspecified atom stereocenters. The van der Waals surface area contributed by atoms with Gasteiger partial charge in [0.2, 0.25) is 10.0 Å². The number of fused-ring (bicyclic) bond motifs is 1. The molecule has 0 saturated heterocycles. The summed E-state index contributed by atoms with van der Waals surface area (Å²) in [6.45, 7) is -0.123. The van der Waals surface area contributed by atoms with Crippen LogP contribution in [0.3, 0.4) is 0 Å². The number of aromatic nitrogens is 1. The summed E-state index contributed by atoms with van der Waals surface area (Å²) in [4.78, 5) is 28.0. The third-order valence-electron chi connectivity index (χ3n) is 3.63. The molecule has 128 valence electrons. The van der Waals surface area contributed by atoms with Crippen molar-refractivity contribution in [3.8, 4) is 0 Å². The molecule has 1 heterocycles. The number of esters is 1. The number of thiazole rings is 1. The number of benzene rings is 1. The van der Waals surface area contributed by atoms with Crippen LogP contribution in [0.1, 0.15) is 12.8 Å². The minimum atomic E-state index is -3.84. The van der Waals surface area contributed by atoms with E-state index in [1.165, 1.54) is 25.3 Å². The van der Waals surface area contributed by atoms with E-state index in [-0.39, 0.29) is 23.3 Å². The lowest BCUT2D eigenvalue weighted by atomic mass is 10.3. The molecule has 8 nitrogen and oxygen atoms in total. The predicted octanol–water partition coefficient (Wildman–Crippen LogP) is 0.360. The lowest BCUT2D eigenvalue weighted by molar-refractivity contribution is -0.141. The Morgan fingerprint density at radius 2 is 2.12 bits per heavy atom. The van der Waals surface area contributed by atoms with Crippen molar-refractivity contribution in [2.75, 3.05) is 7.11 Å². The molecule has 2 N–H and O–H groups in total. The summed E-state index contributed by atoms with van der Waals surface area (Å²) < 4.78 is 29.8. The average molecular weight is 369 g/mol. The Labute approximate surface area is 141 Å². The summed E-state index contributed by atoms with van der Waals surface area (Å²) in [7, 11) is -2.58. The van der Waals surface area contributed by atoms with Crippen LogP contribution in [-0.2, 0) is 30.9 Å². The highest BCUT2D eigenvalue weighted by Gasteiger charge is 2.29. The SMILES string of the molecule is COC(=O)Cn1c(=NC(=O)C2CC2)sc2cc(S(N)(=O)=O)ccc21. The summed E-state index contributed by atoms with van der Waals surface area (Å²) in [5.74, 6) is -0.779. The van der Waals surface area contributed by atoms with Crippen LogP contribution in [-0.4, -0.2) is 32.0 Å². The standard InChI is InChI=1S/C14H15N3O5S2/c1-22-12(18)7-17-10-5-4-9(24(15,20)21)6-11(10)23-14(17)16-13(19)8-2-3-8/h4-6,8H,2-3,7H2,1H3,(H2,15,20,21). The van der Waals surface area contributed by atoms with E-state index in [4.69, 9.17) is 5.14 Å². The molecule has 1 amide bonds. The Balaban J connectivity index is 2.18. The van der Waals surface area contributed by atoms with Crippen molar-refractivity contribution >= 4 is 43.5 Å². The highest BCUT2D eigenvalue weighted by Crippen LogP contribution is 2.30. The number of ether oxygens (including phenoxy) is 1. The van der Waals surface area contributed by atoms with Crippen LogP contribution >= 0.6 is 11.3 Å². The quantitative estimate of drug-likeness (QED) is 0.780. The van der Waals surface area contributed by atoms with Crippen molar-refractivity contribution in [1.29, 1.82) is 0 Å². The molecule has 1 aliphatic rings. The molecule has 1 aromatic heterocycles. The number of primary sulfonamides is 1. The molecular weight excluding hydrogens is 354 g/mol. The highest BCUT2D eigenvalue weighted by molar-refractivity contribution is 7.89. The Kier molecular flexibility index (Phi) is 4.28. The number of carbonyl (C=O) groups excluding carboxylic acids is 2. The fraction of sp³-hybridized carbons (Fsp3) is 0.357. The third kappa shape index (κ3) is 3.40. The zero-order chi connectivity index (χ0) is 17.5. The van der Waals surface area contributed by atoms with Gasteiger partial charge in [-0.1, -0.05) is 11.3 Å². The minimum absolute atomic E-state index is 0.0402. The maximum atomic E-state index is 12.0. The zero-order valence-electron chi connectivity index (χ0n) is 12.8. The largest absolute Gasteiger partial charge is 0.468 e. The first-order chi connectivity index (χ1) is 11.3. The first-order valence-corrected chi connectivity index (χ1v) is 9.47. The number of methoxy groups -OCH3 is 1. The number of hydrogen-bond donors (Lipinski definition) is 1. The molecule has 1 fully saturated rings. The van der Waals surface area contributed by atoms with Crippen LogP contribution in [0.2, 0.25) is 0 Å². The monoisotopic (exact) mass is 369 g/mol. The summed E-state index contributed by atoms with van der Waals surface area (Å²) in [5, 5.41) is 5.14. The molecule has 1 aliphatic carbocycles. The van der Waals surface area contributed by atoms with Crippen molar-refractivity contribution in [2.24, 2.45) is 16.0 Å². The number of rotatable bonds is 4. The van der Waals surface area contributed by atoms with Gasteiger partial charge in [-0.3, -0.25) is 9.59 Å². The lowest BCUT2D eigenvalue weighted by Crippen LogP contribution is -2.22. The van der Waals surface area contributed by atoms with Gasteiger partial charge in [-0.2, -0.15) is 4.99 Å². The Morgan fingerprint density at radius 3 is 2.71 bits per heavy atom. The van der Waals surface area contributed by atoms with Crippen LogP contribution in [0, 0.1) is 5.92 Å². The molecule has 10 heteroatoms. The van der Waals surface area contributed by atoms with E-state index in [2.05, 4.69) is 9.73 Å². The molecule has 24 heavy (non-hydrogen) atoms. The molecule has 0 atom stereocenters. The summed E-state index contributed by atoms with van der Waals surface area (Å²) in [6, 6.07) is 4.30. The van der Waals surface area contributed by atoms with Gasteiger partial charge in [0, 0.05) is 5.92 Å². The number of carbonyl (C=O) groups is 2. The Morgan fingerprint density at radius 1 is 1.42 bits per heavy atom. The first kappa shape index (κ1) is 16.8. The Bertz CT molecular complexity index is 999. The minimum Gasteiger partial charge on any atom is -0.468 e. The van der Waals surface area contributed by atoms with Crippen LogP contribution < -0.4 is 9.94 Å². The third-order valence-corrected chi connectivity index (χ3v) is 5.58. The van der Waals surface area contributed by atoms with Gasteiger partial charge in [0.25, 0.3) is 5.91 Å². The average Bonchev–Trinajstić information content (AvgIpc) is 3.31. The van der Waals surface area contributed by atoms with Gasteiger partial charge < -0.3 is 9.30 Å². The summed E-state index contributed by atoms with van der Waals surface area (Å²) in [5.41, 5.74) is 0.583. The normalized spacial score (nSPS) is 15.7. The van der Waals surface area contributed by atoms with E-state index >= 15 is 0 Å². The second-order valence-electron chi connectivity index (χ2n) is 5.45. The lowest BCUT2D eigenvalue weighted by Gasteiger charge is -2.04. The van der Waals surface area contributed by atoms with Gasteiger partial charge in [-0.05, 0) is 31.0 Å². The van der Waals surface area contributed by atoms with E-state index in [1.54, 1.807) is 4.57 Å². The Hall–Kier alpha value is -2.04. The molecule has 2 aromatic rings. The van der Waals surface area contributed by atoms with E-state index in [1.807, 2.05) is 0 Å². The smallest absolute Gasteiger partial charge is 0.325 e. The molecule has 1 saturated carbocycles. The summed E-state index contributed by atoms with van der Waals surface area (Å²) >= 11 is 1.13. The number of nitrogens with two attached hydrogens (primary N) is 1. The van der Waals surface area contributed by atoms with Crippen LogP contribution in [0.5, 0.6) is 0 Å². The number of nitrogens with zero attached hydrogens (tertiary/aromatic N) is 2. The van der Waals surface area contributed by atoms with Crippen molar-refractivity contribution in [3.05, 3.63) is 23.0 Å². The number of hydrogen-bond acceptors (Lipinski definition) is 6. The van der Waals surface area contributed by atoms with Crippen molar-refractivity contribution in [1.82, 2.24) is 4.57 Å². The fourth-order valence-electron chi connectivity index (χ4n) is 2.18. The topological polar surface area (TPSA) is 121 Å². The number of amides is 1. The maximum absolute atomic E-state index is 12.0. The molecule has 0 bridgehead atoms. The highest BCUT2D eigenvalue weighted by atomic mass is 32.2. The predicted molar refractivity (Wildman–Crippen MR) is 86.5 cm³/mol. The number of sulfonamides is 1. The first-order valence-electron chi connectivity index (χ1n) is 7.11. The maximum Gasteiger partial charge on any atom is 0.325 e. The van der Waals surface area contributed by atoms with E-state index in [9.17, 15) is 18.0 Å². The molecule has 1 aromatic carbocycles. The van der Waals surface area contributed by atoms with Gasteiger partial charge in [0.15, 0.2) is 4.80 Å². The van der Waals surface area contributed by atoms with Gasteiger partial charge in [-0.15, -0.1) is 0 Å². The van der Waals surface area contributed by atoms with Crippen LogP contribution in [0.15, 0.2) is 28.1 Å². The van der Waals surface area contributed by atoms with Crippen molar-refractivity contribution in [2.45, 2.75) is 24.3 Å². The van der Waals surface area contributed by atoms with E-state index in [0.29, 0.717) is 15.0 Å². The molecule has 0 radical (unpaired) electrons. The van der Waals surface area contributed by atoms with Crippen molar-refractivity contribution in [3.63, 3.8) is 0 Å². The van der Waals surface area contributed by atoms with E-state index in [0.717, 1.165) is 24.2 Å². The zero-order valence-corrected chi connectivity index (χ0v) is 14.4. The van der Waals surface area contributed by atoms with Gasteiger partial charge in [0.05, 0.1) is 22.2 Å². The second-order valence-corrected chi connectivity index (χ2v) is 8.02. The second kappa shape index (κ2) is 6.11. The van der Waals surface area contributed by atoms with E-state index < -0.39 is 16.0 Å². The van der Waals surface area contributed by atoms with Crippen LogP contribution in [0.4, 0.5) is 0 Å². The summed E-state index contributed by atoms with van der Waals surface area (Å²) in [6.07, 6.45) is 1.64. The van der Waals surface area contributed by atoms with Crippen molar-refractivity contribution < 1.29 is 22.7 Å². The molecular formula is C14H15N3O5S2. The van der Waals surface area contributed by atoms with Crippen LogP contribution in [0.25, 0.3) is 10.2 Å². The molecule has 0 spiro atoms. The van der Waals surface area contributed by atoms with Gasteiger partial charge in [0.1, 0.15) is 6.54 Å². The van der Waals surface area contributed by atoms with Gasteiger partial charge in [-0.25, -0.2) is 13.6 Å². The molecule has 0 aliphatic heterocycles.